The molecule has 0 aliphatic heterocycles. The molecular weight excluding hydrogens is 206 g/mol. The lowest BCUT2D eigenvalue weighted by atomic mass is 9.83. The Labute approximate surface area is 97.5 Å². The van der Waals surface area contributed by atoms with Crippen LogP contribution in [-0.2, 0) is 14.3 Å². The summed E-state index contributed by atoms with van der Waals surface area (Å²) in [6.07, 6.45) is 5.23. The molecule has 1 fully saturated rings. The molecule has 0 unspecified atom stereocenters. The molecule has 1 saturated carbocycles. The molecule has 1 aliphatic rings. The molecule has 0 atom stereocenters. The second-order valence-corrected chi connectivity index (χ2v) is 4.63. The standard InChI is InChI=1S/C12H23NO3/c1-15-8-10-2-4-11(5-3-10)9-16-7-6-12(13)14/h10-11H,2-9H2,1H3,(H2,13,14). The Bertz CT molecular complexity index is 200. The second kappa shape index (κ2) is 7.63. The molecular formula is C12H23NO3. The highest BCUT2D eigenvalue weighted by Crippen LogP contribution is 2.28. The number of carbonyl (C=O) groups is 1. The summed E-state index contributed by atoms with van der Waals surface area (Å²) in [5, 5.41) is 0. The van der Waals surface area contributed by atoms with E-state index in [4.69, 9.17) is 15.2 Å². The minimum absolute atomic E-state index is 0.288. The third kappa shape index (κ3) is 5.47. The van der Waals surface area contributed by atoms with E-state index >= 15 is 0 Å². The van der Waals surface area contributed by atoms with E-state index < -0.39 is 0 Å². The van der Waals surface area contributed by atoms with Crippen LogP contribution >= 0.6 is 0 Å². The molecule has 0 spiro atoms. The van der Waals surface area contributed by atoms with Gasteiger partial charge in [-0.1, -0.05) is 0 Å². The van der Waals surface area contributed by atoms with Gasteiger partial charge >= 0.3 is 0 Å². The number of nitrogens with two attached hydrogens (primary N) is 1. The van der Waals surface area contributed by atoms with Gasteiger partial charge in [-0.2, -0.15) is 0 Å². The minimum Gasteiger partial charge on any atom is -0.384 e. The van der Waals surface area contributed by atoms with Crippen LogP contribution in [-0.4, -0.2) is 32.8 Å². The third-order valence-corrected chi connectivity index (χ3v) is 3.22. The quantitative estimate of drug-likeness (QED) is 0.670. The minimum atomic E-state index is -0.288. The van der Waals surface area contributed by atoms with Crippen LogP contribution in [0.5, 0.6) is 0 Å². The van der Waals surface area contributed by atoms with Crippen LogP contribution in [0.15, 0.2) is 0 Å². The zero-order chi connectivity index (χ0) is 11.8. The van der Waals surface area contributed by atoms with Gasteiger partial charge < -0.3 is 15.2 Å². The summed E-state index contributed by atoms with van der Waals surface area (Å²) < 4.78 is 10.6. The highest BCUT2D eigenvalue weighted by atomic mass is 16.5. The van der Waals surface area contributed by atoms with Gasteiger partial charge in [-0.25, -0.2) is 0 Å². The van der Waals surface area contributed by atoms with E-state index in [2.05, 4.69) is 0 Å². The van der Waals surface area contributed by atoms with Gasteiger partial charge in [-0.05, 0) is 37.5 Å². The van der Waals surface area contributed by atoms with Crippen LogP contribution < -0.4 is 5.73 Å². The maximum atomic E-state index is 10.5. The lowest BCUT2D eigenvalue weighted by molar-refractivity contribution is -0.119. The van der Waals surface area contributed by atoms with Crippen molar-refractivity contribution in [2.75, 3.05) is 26.9 Å². The normalized spacial score (nSPS) is 25.6. The Morgan fingerprint density at radius 2 is 1.75 bits per heavy atom. The van der Waals surface area contributed by atoms with Crippen molar-refractivity contribution < 1.29 is 14.3 Å². The predicted octanol–water partition coefficient (Wildman–Crippen LogP) is 1.33. The first kappa shape index (κ1) is 13.5. The first-order chi connectivity index (χ1) is 7.72. The molecule has 16 heavy (non-hydrogen) atoms. The van der Waals surface area contributed by atoms with Crippen molar-refractivity contribution in [3.63, 3.8) is 0 Å². The molecule has 0 aromatic rings. The summed E-state index contributed by atoms with van der Waals surface area (Å²) in [5.74, 6) is 1.09. The Hall–Kier alpha value is -0.610. The van der Waals surface area contributed by atoms with E-state index in [0.29, 0.717) is 18.9 Å². The fourth-order valence-electron chi connectivity index (χ4n) is 2.22. The third-order valence-electron chi connectivity index (χ3n) is 3.22. The Morgan fingerprint density at radius 3 is 2.25 bits per heavy atom. The van der Waals surface area contributed by atoms with Crippen LogP contribution in [0, 0.1) is 11.8 Å². The monoisotopic (exact) mass is 229 g/mol. The van der Waals surface area contributed by atoms with E-state index in [9.17, 15) is 4.79 Å². The van der Waals surface area contributed by atoms with Crippen LogP contribution in [0.2, 0.25) is 0 Å². The van der Waals surface area contributed by atoms with Gasteiger partial charge in [-0.3, -0.25) is 4.79 Å². The smallest absolute Gasteiger partial charge is 0.219 e. The molecule has 1 aliphatic carbocycles. The average molecular weight is 229 g/mol. The lowest BCUT2D eigenvalue weighted by Gasteiger charge is -2.27. The molecule has 0 saturated heterocycles. The molecule has 0 aromatic heterocycles. The van der Waals surface area contributed by atoms with Gasteiger partial charge in [0.1, 0.15) is 0 Å². The van der Waals surface area contributed by atoms with Gasteiger partial charge in [-0.15, -0.1) is 0 Å². The van der Waals surface area contributed by atoms with Gasteiger partial charge in [0.05, 0.1) is 6.61 Å². The summed E-state index contributed by atoms with van der Waals surface area (Å²) in [7, 11) is 1.76. The zero-order valence-electron chi connectivity index (χ0n) is 10.1. The number of carbonyl (C=O) groups excluding carboxylic acids is 1. The molecule has 0 heterocycles. The fraction of sp³-hybridized carbons (Fsp3) is 0.917. The van der Waals surface area contributed by atoms with E-state index in [0.717, 1.165) is 19.1 Å². The van der Waals surface area contributed by atoms with Crippen molar-refractivity contribution in [2.24, 2.45) is 17.6 Å². The van der Waals surface area contributed by atoms with Crippen LogP contribution in [0.3, 0.4) is 0 Å². The molecule has 2 N–H and O–H groups in total. The van der Waals surface area contributed by atoms with Gasteiger partial charge in [0, 0.05) is 26.7 Å². The number of hydrogen-bond donors (Lipinski definition) is 1. The Balaban J connectivity index is 2.01. The topological polar surface area (TPSA) is 61.6 Å². The van der Waals surface area contributed by atoms with Crippen molar-refractivity contribution >= 4 is 5.91 Å². The number of ether oxygens (including phenoxy) is 2. The first-order valence-corrected chi connectivity index (χ1v) is 6.07. The van der Waals surface area contributed by atoms with Crippen LogP contribution in [0.1, 0.15) is 32.1 Å². The molecule has 0 radical (unpaired) electrons. The molecule has 4 nitrogen and oxygen atoms in total. The largest absolute Gasteiger partial charge is 0.384 e. The molecule has 4 heteroatoms. The summed E-state index contributed by atoms with van der Waals surface area (Å²) in [6, 6.07) is 0. The zero-order valence-corrected chi connectivity index (χ0v) is 10.1. The molecule has 94 valence electrons. The van der Waals surface area contributed by atoms with E-state index in [1.165, 1.54) is 25.7 Å². The molecule has 1 amide bonds. The summed E-state index contributed by atoms with van der Waals surface area (Å²) in [5.41, 5.74) is 5.03. The first-order valence-electron chi connectivity index (χ1n) is 6.07. The second-order valence-electron chi connectivity index (χ2n) is 4.63. The fourth-order valence-corrected chi connectivity index (χ4v) is 2.22. The number of rotatable bonds is 7. The van der Waals surface area contributed by atoms with Gasteiger partial charge in [0.25, 0.3) is 0 Å². The molecule has 0 aromatic carbocycles. The SMILES string of the molecule is COCC1CCC(COCCC(N)=O)CC1. The van der Waals surface area contributed by atoms with Crippen molar-refractivity contribution in [1.29, 1.82) is 0 Å². The number of hydrogen-bond acceptors (Lipinski definition) is 3. The van der Waals surface area contributed by atoms with Crippen molar-refractivity contribution in [3.8, 4) is 0 Å². The van der Waals surface area contributed by atoms with Crippen molar-refractivity contribution in [1.82, 2.24) is 0 Å². The van der Waals surface area contributed by atoms with E-state index in [1.54, 1.807) is 7.11 Å². The highest BCUT2D eigenvalue weighted by Gasteiger charge is 2.20. The molecule has 0 bridgehead atoms. The molecule has 1 rings (SSSR count). The highest BCUT2D eigenvalue weighted by molar-refractivity contribution is 5.73. The van der Waals surface area contributed by atoms with E-state index in [-0.39, 0.29) is 5.91 Å². The number of amides is 1. The number of primary amides is 1. The van der Waals surface area contributed by atoms with Crippen molar-refractivity contribution in [2.45, 2.75) is 32.1 Å². The average Bonchev–Trinajstić information content (AvgIpc) is 2.27. The van der Waals surface area contributed by atoms with Gasteiger partial charge in [0.2, 0.25) is 5.91 Å². The summed E-state index contributed by atoms with van der Waals surface area (Å²) in [6.45, 7) is 2.12. The van der Waals surface area contributed by atoms with Gasteiger partial charge in [0.15, 0.2) is 0 Å². The van der Waals surface area contributed by atoms with Crippen LogP contribution in [0.4, 0.5) is 0 Å². The van der Waals surface area contributed by atoms with E-state index in [1.807, 2.05) is 0 Å². The Morgan fingerprint density at radius 1 is 1.19 bits per heavy atom. The maximum Gasteiger partial charge on any atom is 0.219 e. The Kier molecular flexibility index (Phi) is 6.42. The number of methoxy groups -OCH3 is 1. The van der Waals surface area contributed by atoms with Crippen molar-refractivity contribution in [3.05, 3.63) is 0 Å². The predicted molar refractivity (Wildman–Crippen MR) is 62.0 cm³/mol. The summed E-state index contributed by atoms with van der Waals surface area (Å²) in [4.78, 5) is 10.5. The van der Waals surface area contributed by atoms with Crippen LogP contribution in [0.25, 0.3) is 0 Å². The lowest BCUT2D eigenvalue weighted by Crippen LogP contribution is -2.22. The maximum absolute atomic E-state index is 10.5. The summed E-state index contributed by atoms with van der Waals surface area (Å²) >= 11 is 0.